The molecule has 0 bridgehead atoms. The van der Waals surface area contributed by atoms with E-state index in [2.05, 4.69) is 12.2 Å². The van der Waals surface area contributed by atoms with Crippen molar-refractivity contribution in [3.05, 3.63) is 0 Å². The molecule has 0 aliphatic carbocycles. The molecule has 0 N–H and O–H groups in total. The summed E-state index contributed by atoms with van der Waals surface area (Å²) >= 11 is 0. The fourth-order valence-electron chi connectivity index (χ4n) is 0.744. The molecule has 6 heavy (non-hydrogen) atoms. The summed E-state index contributed by atoms with van der Waals surface area (Å²) in [6.45, 7) is 2.33. The normalized spacial score (nSPS) is 21.2. The molecule has 0 saturated carbocycles. The maximum absolute atomic E-state index is 3.42. The summed E-state index contributed by atoms with van der Waals surface area (Å²) in [4.78, 5) is 0. The molecular weight excluding hydrogens is 88.1 g/mol. The second-order valence-corrected chi connectivity index (χ2v) is 4.22. The average Bonchev–Trinajstić information content (AvgIpc) is 1.86. The van der Waals surface area contributed by atoms with Gasteiger partial charge in [0, 0.05) is 8.41 Å². The largest absolute Gasteiger partial charge is 0.0699 e. The van der Waals surface area contributed by atoms with E-state index in [4.69, 9.17) is 0 Å². The maximum atomic E-state index is 3.42. The molecule has 0 aromatic rings. The van der Waals surface area contributed by atoms with Gasteiger partial charge in [-0.3, -0.25) is 0 Å². The predicted octanol–water partition coefficient (Wildman–Crippen LogP) is 1.17. The van der Waals surface area contributed by atoms with Gasteiger partial charge in [-0.15, -0.1) is 0 Å². The van der Waals surface area contributed by atoms with E-state index >= 15 is 0 Å². The zero-order valence-electron chi connectivity index (χ0n) is 4.12. The van der Waals surface area contributed by atoms with Crippen molar-refractivity contribution in [1.29, 1.82) is 0 Å². The highest BCUT2D eigenvalue weighted by Crippen LogP contribution is 2.01. The lowest BCUT2D eigenvalue weighted by atomic mass is 10.4. The van der Waals surface area contributed by atoms with Gasteiger partial charge in [-0.05, 0) is 18.9 Å². The molecule has 0 atom stereocenters. The summed E-state index contributed by atoms with van der Waals surface area (Å²) in [7, 11) is -0.00720. The molecule has 1 heterocycles. The smallest absolute Gasteiger partial charge is 0.0106 e. The van der Waals surface area contributed by atoms with E-state index in [0.717, 1.165) is 0 Å². The molecule has 0 aromatic heterocycles. The van der Waals surface area contributed by atoms with Crippen LogP contribution in [0.4, 0.5) is 0 Å². The van der Waals surface area contributed by atoms with Crippen LogP contribution in [0, 0.1) is 0 Å². The van der Waals surface area contributed by atoms with E-state index in [1.165, 1.54) is 18.9 Å². The fourth-order valence-corrected chi connectivity index (χ4v) is 2.23. The lowest BCUT2D eigenvalue weighted by Gasteiger charge is -1.77. The molecular formula is C5H9Si. The van der Waals surface area contributed by atoms with Gasteiger partial charge in [-0.25, -0.2) is 0 Å². The van der Waals surface area contributed by atoms with Crippen LogP contribution in [0.1, 0.15) is 12.8 Å². The SMILES string of the molecule is C[Si]1=[C]CCC1. The molecule has 0 fully saturated rings. The van der Waals surface area contributed by atoms with Gasteiger partial charge in [-0.1, -0.05) is 12.2 Å². The Labute approximate surface area is 40.4 Å². The van der Waals surface area contributed by atoms with Crippen LogP contribution in [0.2, 0.25) is 12.6 Å². The Bertz CT molecular complexity index is 74.0. The number of hydrogen-bond acceptors (Lipinski definition) is 0. The topological polar surface area (TPSA) is 0 Å². The second kappa shape index (κ2) is 1.69. The van der Waals surface area contributed by atoms with Crippen molar-refractivity contribution in [2.75, 3.05) is 0 Å². The molecule has 0 unspecified atom stereocenters. The van der Waals surface area contributed by atoms with Crippen LogP contribution in [0.3, 0.4) is 0 Å². The molecule has 0 saturated heterocycles. The molecule has 1 heteroatoms. The van der Waals surface area contributed by atoms with Crippen molar-refractivity contribution in [2.24, 2.45) is 0 Å². The molecule has 0 spiro atoms. The minimum atomic E-state index is -0.00720. The summed E-state index contributed by atoms with van der Waals surface area (Å²) in [5.74, 6) is 0. The first kappa shape index (κ1) is 4.25. The first-order chi connectivity index (χ1) is 2.89. The zero-order chi connectivity index (χ0) is 4.41. The van der Waals surface area contributed by atoms with Crippen LogP contribution in [0.15, 0.2) is 0 Å². The van der Waals surface area contributed by atoms with Crippen LogP contribution >= 0.6 is 0 Å². The summed E-state index contributed by atoms with van der Waals surface area (Å²) < 4.78 is 0. The monoisotopic (exact) mass is 97.0 g/mol. The van der Waals surface area contributed by atoms with Crippen LogP contribution in [0.5, 0.6) is 0 Å². The van der Waals surface area contributed by atoms with Gasteiger partial charge >= 0.3 is 0 Å². The molecule has 1 radical (unpaired) electrons. The van der Waals surface area contributed by atoms with E-state index in [-0.39, 0.29) is 8.41 Å². The summed E-state index contributed by atoms with van der Waals surface area (Å²) in [5.41, 5.74) is 3.42. The van der Waals surface area contributed by atoms with Gasteiger partial charge in [0.15, 0.2) is 0 Å². The van der Waals surface area contributed by atoms with Crippen LogP contribution in [-0.4, -0.2) is 14.1 Å². The third kappa shape index (κ3) is 0.775. The fraction of sp³-hybridized carbons (Fsp3) is 0.800. The number of rotatable bonds is 0. The van der Waals surface area contributed by atoms with Crippen molar-refractivity contribution >= 4 is 14.1 Å². The first-order valence-electron chi connectivity index (χ1n) is 2.46. The minimum Gasteiger partial charge on any atom is -0.0699 e. The van der Waals surface area contributed by atoms with Crippen molar-refractivity contribution in [1.82, 2.24) is 0 Å². The Morgan fingerprint density at radius 1 is 1.67 bits per heavy atom. The lowest BCUT2D eigenvalue weighted by molar-refractivity contribution is 1.03. The Hall–Kier alpha value is 0.0869. The molecule has 1 rings (SSSR count). The third-order valence-electron chi connectivity index (χ3n) is 1.16. The van der Waals surface area contributed by atoms with Gasteiger partial charge in [0.1, 0.15) is 0 Å². The van der Waals surface area contributed by atoms with Gasteiger partial charge in [0.2, 0.25) is 0 Å². The summed E-state index contributed by atoms with van der Waals surface area (Å²) in [5, 5.41) is 0. The highest BCUT2D eigenvalue weighted by molar-refractivity contribution is 6.65. The minimum absolute atomic E-state index is 0.00720. The lowest BCUT2D eigenvalue weighted by Crippen LogP contribution is -1.85. The summed E-state index contributed by atoms with van der Waals surface area (Å²) in [6.07, 6.45) is 2.70. The zero-order valence-corrected chi connectivity index (χ0v) is 5.12. The Kier molecular flexibility index (Phi) is 1.20. The Balaban J connectivity index is 2.45. The van der Waals surface area contributed by atoms with Gasteiger partial charge in [0.25, 0.3) is 0 Å². The third-order valence-corrected chi connectivity index (χ3v) is 3.11. The van der Waals surface area contributed by atoms with Crippen molar-refractivity contribution < 1.29 is 0 Å². The van der Waals surface area contributed by atoms with Crippen molar-refractivity contribution in [2.45, 2.75) is 25.4 Å². The molecule has 33 valence electrons. The second-order valence-electron chi connectivity index (χ2n) is 1.81. The highest BCUT2D eigenvalue weighted by atomic mass is 28.2. The van der Waals surface area contributed by atoms with Crippen LogP contribution < -0.4 is 0 Å². The standard InChI is InChI=1S/C5H9Si/c1-6-4-2-3-5-6/h2-4H2,1H3. The van der Waals surface area contributed by atoms with E-state index in [0.29, 0.717) is 0 Å². The van der Waals surface area contributed by atoms with E-state index in [9.17, 15) is 0 Å². The molecule has 1 aliphatic heterocycles. The van der Waals surface area contributed by atoms with Crippen LogP contribution in [0.25, 0.3) is 0 Å². The van der Waals surface area contributed by atoms with E-state index in [1.807, 2.05) is 0 Å². The van der Waals surface area contributed by atoms with E-state index < -0.39 is 0 Å². The van der Waals surface area contributed by atoms with Gasteiger partial charge in [-0.2, -0.15) is 0 Å². The Morgan fingerprint density at radius 3 is 2.67 bits per heavy atom. The van der Waals surface area contributed by atoms with Gasteiger partial charge < -0.3 is 0 Å². The quantitative estimate of drug-likeness (QED) is 0.398. The van der Waals surface area contributed by atoms with Gasteiger partial charge in [0.05, 0.1) is 0 Å². The number of hydrogen-bond donors (Lipinski definition) is 0. The van der Waals surface area contributed by atoms with Crippen molar-refractivity contribution in [3.8, 4) is 0 Å². The highest BCUT2D eigenvalue weighted by Gasteiger charge is 1.96. The molecule has 0 amide bonds. The summed E-state index contributed by atoms with van der Waals surface area (Å²) in [6, 6.07) is 1.48. The molecule has 0 nitrogen and oxygen atoms in total. The van der Waals surface area contributed by atoms with Crippen LogP contribution in [-0.2, 0) is 0 Å². The molecule has 1 aliphatic rings. The van der Waals surface area contributed by atoms with E-state index in [1.54, 1.807) is 0 Å². The maximum Gasteiger partial charge on any atom is 0.0106 e. The Morgan fingerprint density at radius 2 is 2.50 bits per heavy atom. The van der Waals surface area contributed by atoms with Crippen molar-refractivity contribution in [3.63, 3.8) is 0 Å². The predicted molar refractivity (Wildman–Crippen MR) is 30.7 cm³/mol. The molecule has 0 aromatic carbocycles. The first-order valence-corrected chi connectivity index (χ1v) is 4.66. The average molecular weight is 97.2 g/mol.